The molecule has 1 nitrogen and oxygen atoms in total. The molecule has 1 N–H and O–H groups in total. The predicted molar refractivity (Wildman–Crippen MR) is 83.2 cm³/mol. The van der Waals surface area contributed by atoms with Crippen LogP contribution in [0.25, 0.3) is 11.1 Å². The Hall–Kier alpha value is -1.60. The molecule has 1 unspecified atom stereocenters. The molecule has 0 fully saturated rings. The van der Waals surface area contributed by atoms with E-state index in [1.54, 1.807) is 0 Å². The van der Waals surface area contributed by atoms with Gasteiger partial charge in [0.25, 0.3) is 0 Å². The van der Waals surface area contributed by atoms with Gasteiger partial charge in [0.1, 0.15) is 0 Å². The maximum atomic E-state index is 9.67. The molecule has 0 heterocycles. The summed E-state index contributed by atoms with van der Waals surface area (Å²) >= 11 is 0. The van der Waals surface area contributed by atoms with E-state index in [1.807, 2.05) is 39.0 Å². The second-order valence-corrected chi connectivity index (χ2v) is 4.33. The van der Waals surface area contributed by atoms with Crippen molar-refractivity contribution in [3.8, 4) is 11.1 Å². The molecule has 102 valence electrons. The van der Waals surface area contributed by atoms with Crippen molar-refractivity contribution in [2.24, 2.45) is 0 Å². The Balaban J connectivity index is 0.000000861. The van der Waals surface area contributed by atoms with E-state index in [2.05, 4.69) is 36.4 Å². The lowest BCUT2D eigenvalue weighted by Gasteiger charge is -2.09. The fourth-order valence-electron chi connectivity index (χ4n) is 1.92. The van der Waals surface area contributed by atoms with Gasteiger partial charge in [0.2, 0.25) is 0 Å². The summed E-state index contributed by atoms with van der Waals surface area (Å²) in [6, 6.07) is 18.7. The molecular formula is C18H24O. The molecule has 19 heavy (non-hydrogen) atoms. The highest BCUT2D eigenvalue weighted by molar-refractivity contribution is 5.63. The van der Waals surface area contributed by atoms with E-state index in [1.165, 1.54) is 16.7 Å². The number of aliphatic hydroxyl groups excluding tert-OH is 1. The van der Waals surface area contributed by atoms with Gasteiger partial charge >= 0.3 is 0 Å². The van der Waals surface area contributed by atoms with Crippen molar-refractivity contribution in [2.75, 3.05) is 0 Å². The van der Waals surface area contributed by atoms with Crippen molar-refractivity contribution in [3.63, 3.8) is 0 Å². The Morgan fingerprint density at radius 3 is 2.16 bits per heavy atom. The SMILES string of the molecule is CC.CCC(O)Cc1cccc(-c2ccccc2)c1. The maximum absolute atomic E-state index is 9.67. The minimum atomic E-state index is -0.235. The first kappa shape index (κ1) is 15.5. The molecule has 2 aromatic rings. The predicted octanol–water partition coefficient (Wildman–Crippen LogP) is 4.69. The Morgan fingerprint density at radius 1 is 0.895 bits per heavy atom. The highest BCUT2D eigenvalue weighted by atomic mass is 16.3. The molecule has 0 spiro atoms. The first-order valence-corrected chi connectivity index (χ1v) is 7.12. The van der Waals surface area contributed by atoms with Crippen molar-refractivity contribution in [1.82, 2.24) is 0 Å². The van der Waals surface area contributed by atoms with Gasteiger partial charge in [0.05, 0.1) is 6.10 Å². The smallest absolute Gasteiger partial charge is 0.0577 e. The molecule has 1 heteroatoms. The van der Waals surface area contributed by atoms with Crippen LogP contribution in [0.2, 0.25) is 0 Å². The third kappa shape index (κ3) is 4.88. The van der Waals surface area contributed by atoms with Crippen LogP contribution in [0.5, 0.6) is 0 Å². The Kier molecular flexibility index (Phi) is 6.91. The van der Waals surface area contributed by atoms with E-state index in [4.69, 9.17) is 0 Å². The van der Waals surface area contributed by atoms with Gasteiger partial charge in [-0.25, -0.2) is 0 Å². The van der Waals surface area contributed by atoms with Gasteiger partial charge in [0, 0.05) is 0 Å². The summed E-state index contributed by atoms with van der Waals surface area (Å²) in [4.78, 5) is 0. The Morgan fingerprint density at radius 2 is 1.53 bits per heavy atom. The van der Waals surface area contributed by atoms with Crippen LogP contribution in [0.3, 0.4) is 0 Å². The van der Waals surface area contributed by atoms with E-state index < -0.39 is 0 Å². The molecule has 0 radical (unpaired) electrons. The Labute approximate surface area is 116 Å². The van der Waals surface area contributed by atoms with Gasteiger partial charge in [-0.1, -0.05) is 75.4 Å². The summed E-state index contributed by atoms with van der Waals surface area (Å²) in [7, 11) is 0. The van der Waals surface area contributed by atoms with Crippen LogP contribution < -0.4 is 0 Å². The molecule has 1 atom stereocenters. The zero-order valence-corrected chi connectivity index (χ0v) is 12.1. The van der Waals surface area contributed by atoms with Crippen molar-refractivity contribution in [3.05, 3.63) is 60.2 Å². The summed E-state index contributed by atoms with van der Waals surface area (Å²) in [5.41, 5.74) is 3.63. The van der Waals surface area contributed by atoms with E-state index >= 15 is 0 Å². The van der Waals surface area contributed by atoms with Gasteiger partial charge in [-0.2, -0.15) is 0 Å². The third-order valence-electron chi connectivity index (χ3n) is 2.98. The van der Waals surface area contributed by atoms with Crippen LogP contribution in [0, 0.1) is 0 Å². The van der Waals surface area contributed by atoms with Crippen molar-refractivity contribution in [1.29, 1.82) is 0 Å². The van der Waals surface area contributed by atoms with E-state index in [0.29, 0.717) is 0 Å². The third-order valence-corrected chi connectivity index (χ3v) is 2.98. The zero-order chi connectivity index (χ0) is 14.1. The van der Waals surface area contributed by atoms with E-state index in [0.717, 1.165) is 12.8 Å². The molecule has 0 aliphatic carbocycles. The van der Waals surface area contributed by atoms with Gasteiger partial charge in [0.15, 0.2) is 0 Å². The summed E-state index contributed by atoms with van der Waals surface area (Å²) in [5, 5.41) is 9.67. The molecule has 0 aromatic heterocycles. The van der Waals surface area contributed by atoms with Gasteiger partial charge in [-0.05, 0) is 29.5 Å². The number of rotatable bonds is 4. The fraction of sp³-hybridized carbons (Fsp3) is 0.333. The largest absolute Gasteiger partial charge is 0.393 e. The quantitative estimate of drug-likeness (QED) is 0.841. The van der Waals surface area contributed by atoms with Crippen LogP contribution in [0.15, 0.2) is 54.6 Å². The van der Waals surface area contributed by atoms with Crippen molar-refractivity contribution in [2.45, 2.75) is 39.7 Å². The van der Waals surface area contributed by atoms with E-state index in [9.17, 15) is 5.11 Å². The lowest BCUT2D eigenvalue weighted by Crippen LogP contribution is -2.08. The minimum Gasteiger partial charge on any atom is -0.393 e. The first-order chi connectivity index (χ1) is 9.29. The molecule has 0 amide bonds. The average Bonchev–Trinajstić information content (AvgIpc) is 2.50. The van der Waals surface area contributed by atoms with E-state index in [-0.39, 0.29) is 6.10 Å². The molecule has 0 bridgehead atoms. The second-order valence-electron chi connectivity index (χ2n) is 4.33. The summed E-state index contributed by atoms with van der Waals surface area (Å²) in [5.74, 6) is 0. The Bertz CT molecular complexity index is 462. The van der Waals surface area contributed by atoms with Gasteiger partial charge in [-0.3, -0.25) is 0 Å². The van der Waals surface area contributed by atoms with Crippen molar-refractivity contribution < 1.29 is 5.11 Å². The van der Waals surface area contributed by atoms with Gasteiger partial charge in [-0.15, -0.1) is 0 Å². The standard InChI is InChI=1S/C16H18O.C2H6/c1-2-16(17)12-13-7-6-10-15(11-13)14-8-4-3-5-9-14;1-2/h3-11,16-17H,2,12H2,1H3;1-2H3. The van der Waals surface area contributed by atoms with Crippen LogP contribution in [-0.2, 0) is 6.42 Å². The molecule has 2 aromatic carbocycles. The number of benzene rings is 2. The van der Waals surface area contributed by atoms with Crippen LogP contribution in [-0.4, -0.2) is 11.2 Å². The highest BCUT2D eigenvalue weighted by Gasteiger charge is 2.04. The number of hydrogen-bond acceptors (Lipinski definition) is 1. The van der Waals surface area contributed by atoms with Gasteiger partial charge < -0.3 is 5.11 Å². The molecular weight excluding hydrogens is 232 g/mol. The van der Waals surface area contributed by atoms with Crippen LogP contribution in [0.1, 0.15) is 32.8 Å². The average molecular weight is 256 g/mol. The lowest BCUT2D eigenvalue weighted by molar-refractivity contribution is 0.171. The van der Waals surface area contributed by atoms with Crippen LogP contribution >= 0.6 is 0 Å². The van der Waals surface area contributed by atoms with Crippen molar-refractivity contribution >= 4 is 0 Å². The molecule has 0 aliphatic rings. The summed E-state index contributed by atoms with van der Waals surface area (Å²) in [6.45, 7) is 6.01. The second kappa shape index (κ2) is 8.49. The minimum absolute atomic E-state index is 0.235. The number of aliphatic hydroxyl groups is 1. The maximum Gasteiger partial charge on any atom is 0.0577 e. The summed E-state index contributed by atoms with van der Waals surface area (Å²) in [6.07, 6.45) is 1.30. The molecule has 0 aliphatic heterocycles. The zero-order valence-electron chi connectivity index (χ0n) is 12.1. The molecule has 0 saturated carbocycles. The highest BCUT2D eigenvalue weighted by Crippen LogP contribution is 2.20. The lowest BCUT2D eigenvalue weighted by atomic mass is 10.00. The fourth-order valence-corrected chi connectivity index (χ4v) is 1.92. The molecule has 0 saturated heterocycles. The molecule has 2 rings (SSSR count). The monoisotopic (exact) mass is 256 g/mol. The summed E-state index contributed by atoms with van der Waals surface area (Å²) < 4.78 is 0. The topological polar surface area (TPSA) is 20.2 Å². The number of hydrogen-bond donors (Lipinski definition) is 1. The van der Waals surface area contributed by atoms with Crippen LogP contribution in [0.4, 0.5) is 0 Å². The first-order valence-electron chi connectivity index (χ1n) is 7.12. The normalized spacial score (nSPS) is 11.4.